The lowest BCUT2D eigenvalue weighted by Crippen LogP contribution is -2.26. The molecule has 24 heavy (non-hydrogen) atoms. The number of nitrogens with zero attached hydrogens (tertiary/aromatic N) is 1. The van der Waals surface area contributed by atoms with Crippen LogP contribution in [0.15, 0.2) is 27.9 Å². The minimum Gasteiger partial charge on any atom is -0.356 e. The van der Waals surface area contributed by atoms with Crippen molar-refractivity contribution < 1.29 is 4.79 Å². The Morgan fingerprint density at radius 2 is 2.12 bits per heavy atom. The Morgan fingerprint density at radius 1 is 1.29 bits per heavy atom. The second-order valence-corrected chi connectivity index (χ2v) is 8.14. The monoisotopic (exact) mass is 362 g/mol. The summed E-state index contributed by atoms with van der Waals surface area (Å²) in [4.78, 5) is 16.5. The standard InChI is InChI=1S/C19H26N2OS2/c1-4-5-6-9-20-18(22)11-17-13-24-19(21-17)23-12-16-10-14(2)7-8-15(16)3/h7-8,10,13H,4-6,9,11-12H2,1-3H3,(H,20,22). The highest BCUT2D eigenvalue weighted by molar-refractivity contribution is 8.00. The van der Waals surface area contributed by atoms with Crippen molar-refractivity contribution in [2.45, 2.75) is 56.5 Å². The third kappa shape index (κ3) is 6.29. The van der Waals surface area contributed by atoms with Crippen molar-refractivity contribution in [1.29, 1.82) is 0 Å². The fourth-order valence-electron chi connectivity index (χ4n) is 2.36. The molecule has 1 amide bonds. The summed E-state index contributed by atoms with van der Waals surface area (Å²) >= 11 is 3.37. The second kappa shape index (κ2) is 9.84. The summed E-state index contributed by atoms with van der Waals surface area (Å²) in [5.41, 5.74) is 4.83. The number of unbranched alkanes of at least 4 members (excludes halogenated alkanes) is 2. The molecule has 0 aliphatic rings. The molecule has 0 unspecified atom stereocenters. The van der Waals surface area contributed by atoms with E-state index in [1.54, 1.807) is 23.1 Å². The van der Waals surface area contributed by atoms with Crippen molar-refractivity contribution in [3.63, 3.8) is 0 Å². The zero-order chi connectivity index (χ0) is 17.4. The number of hydrogen-bond acceptors (Lipinski definition) is 4. The van der Waals surface area contributed by atoms with Crippen LogP contribution in [0.25, 0.3) is 0 Å². The van der Waals surface area contributed by atoms with Crippen LogP contribution in [0.3, 0.4) is 0 Å². The van der Waals surface area contributed by atoms with E-state index in [0.717, 1.165) is 35.2 Å². The SMILES string of the molecule is CCCCCNC(=O)Cc1csc(SCc2cc(C)ccc2C)n1. The van der Waals surface area contributed by atoms with Gasteiger partial charge in [-0.1, -0.05) is 55.3 Å². The molecule has 1 N–H and O–H groups in total. The molecule has 1 aromatic carbocycles. The van der Waals surface area contributed by atoms with Crippen molar-refractivity contribution in [2.24, 2.45) is 0 Å². The van der Waals surface area contributed by atoms with Crippen molar-refractivity contribution in [2.75, 3.05) is 6.54 Å². The maximum absolute atomic E-state index is 11.9. The predicted molar refractivity (Wildman–Crippen MR) is 104 cm³/mol. The molecule has 5 heteroatoms. The van der Waals surface area contributed by atoms with Gasteiger partial charge in [0.25, 0.3) is 0 Å². The number of carbonyl (C=O) groups excluding carboxylic acids is 1. The van der Waals surface area contributed by atoms with Gasteiger partial charge in [-0.3, -0.25) is 4.79 Å². The van der Waals surface area contributed by atoms with Crippen LogP contribution in [0.4, 0.5) is 0 Å². The Balaban J connectivity index is 1.80. The Hall–Kier alpha value is -1.33. The number of aromatic nitrogens is 1. The van der Waals surface area contributed by atoms with Gasteiger partial charge in [-0.05, 0) is 31.4 Å². The molecule has 0 radical (unpaired) electrons. The molecule has 2 rings (SSSR count). The predicted octanol–water partition coefficient (Wildman–Crippen LogP) is 4.90. The van der Waals surface area contributed by atoms with Crippen LogP contribution in [-0.2, 0) is 17.0 Å². The molecule has 0 atom stereocenters. The van der Waals surface area contributed by atoms with E-state index in [4.69, 9.17) is 0 Å². The summed E-state index contributed by atoms with van der Waals surface area (Å²) in [5, 5.41) is 4.96. The average molecular weight is 363 g/mol. The lowest BCUT2D eigenvalue weighted by Gasteiger charge is -2.05. The molecule has 1 heterocycles. The fraction of sp³-hybridized carbons (Fsp3) is 0.474. The van der Waals surface area contributed by atoms with Crippen LogP contribution in [0, 0.1) is 13.8 Å². The number of thiazole rings is 1. The van der Waals surface area contributed by atoms with Gasteiger partial charge in [0.2, 0.25) is 5.91 Å². The highest BCUT2D eigenvalue weighted by Gasteiger charge is 2.09. The summed E-state index contributed by atoms with van der Waals surface area (Å²) in [6, 6.07) is 6.55. The molecule has 3 nitrogen and oxygen atoms in total. The Bertz CT molecular complexity index is 667. The maximum Gasteiger partial charge on any atom is 0.226 e. The lowest BCUT2D eigenvalue weighted by molar-refractivity contribution is -0.120. The maximum atomic E-state index is 11.9. The normalized spacial score (nSPS) is 10.8. The quantitative estimate of drug-likeness (QED) is 0.509. The first-order chi connectivity index (χ1) is 11.6. The smallest absolute Gasteiger partial charge is 0.226 e. The number of hydrogen-bond donors (Lipinski definition) is 1. The van der Waals surface area contributed by atoms with Crippen molar-refractivity contribution in [3.8, 4) is 0 Å². The van der Waals surface area contributed by atoms with Crippen molar-refractivity contribution >= 4 is 29.0 Å². The average Bonchev–Trinajstić information content (AvgIpc) is 3.00. The lowest BCUT2D eigenvalue weighted by atomic mass is 10.1. The van der Waals surface area contributed by atoms with Gasteiger partial charge in [0, 0.05) is 17.7 Å². The first kappa shape index (κ1) is 19.0. The van der Waals surface area contributed by atoms with Crippen LogP contribution in [0.5, 0.6) is 0 Å². The van der Waals surface area contributed by atoms with Gasteiger partial charge in [-0.2, -0.15) is 0 Å². The van der Waals surface area contributed by atoms with E-state index >= 15 is 0 Å². The Kier molecular flexibility index (Phi) is 7.79. The van der Waals surface area contributed by atoms with Crippen LogP contribution in [0.1, 0.15) is 48.6 Å². The number of thioether (sulfide) groups is 1. The van der Waals surface area contributed by atoms with Crippen molar-refractivity contribution in [3.05, 3.63) is 46.0 Å². The zero-order valence-electron chi connectivity index (χ0n) is 14.7. The molecule has 1 aromatic heterocycles. The molecule has 0 spiro atoms. The summed E-state index contributed by atoms with van der Waals surface area (Å²) in [6.45, 7) is 7.19. The van der Waals surface area contributed by atoms with Crippen LogP contribution < -0.4 is 5.32 Å². The van der Waals surface area contributed by atoms with Crippen molar-refractivity contribution in [1.82, 2.24) is 10.3 Å². The topological polar surface area (TPSA) is 42.0 Å². The fourth-order valence-corrected chi connectivity index (χ4v) is 4.27. The first-order valence-electron chi connectivity index (χ1n) is 8.48. The number of aryl methyl sites for hydroxylation is 2. The highest BCUT2D eigenvalue weighted by atomic mass is 32.2. The van der Waals surface area contributed by atoms with E-state index in [-0.39, 0.29) is 5.91 Å². The van der Waals surface area contributed by atoms with Gasteiger partial charge in [0.15, 0.2) is 0 Å². The molecule has 0 saturated heterocycles. The van der Waals surface area contributed by atoms with E-state index in [9.17, 15) is 4.79 Å². The van der Waals surface area contributed by atoms with Gasteiger partial charge in [0.1, 0.15) is 4.34 Å². The molecule has 0 aliphatic carbocycles. The summed E-state index contributed by atoms with van der Waals surface area (Å²) in [7, 11) is 0. The minimum atomic E-state index is 0.0717. The molecule has 0 bridgehead atoms. The summed E-state index contributed by atoms with van der Waals surface area (Å²) in [5.74, 6) is 0.992. The van der Waals surface area contributed by atoms with Gasteiger partial charge < -0.3 is 5.32 Å². The zero-order valence-corrected chi connectivity index (χ0v) is 16.4. The first-order valence-corrected chi connectivity index (χ1v) is 10.3. The number of carbonyl (C=O) groups is 1. The van der Waals surface area contributed by atoms with Crippen LogP contribution >= 0.6 is 23.1 Å². The van der Waals surface area contributed by atoms with E-state index in [2.05, 4.69) is 49.3 Å². The second-order valence-electron chi connectivity index (χ2n) is 6.06. The number of nitrogens with one attached hydrogen (secondary N) is 1. The summed E-state index contributed by atoms with van der Waals surface area (Å²) in [6.07, 6.45) is 3.77. The summed E-state index contributed by atoms with van der Waals surface area (Å²) < 4.78 is 1.03. The molecular formula is C19H26N2OS2. The third-order valence-electron chi connectivity index (χ3n) is 3.83. The Morgan fingerprint density at radius 3 is 2.92 bits per heavy atom. The van der Waals surface area contributed by atoms with E-state index < -0.39 is 0 Å². The molecule has 0 saturated carbocycles. The highest BCUT2D eigenvalue weighted by Crippen LogP contribution is 2.27. The largest absolute Gasteiger partial charge is 0.356 e. The van der Waals surface area contributed by atoms with E-state index in [0.29, 0.717) is 6.42 Å². The minimum absolute atomic E-state index is 0.0717. The van der Waals surface area contributed by atoms with Gasteiger partial charge >= 0.3 is 0 Å². The number of amides is 1. The van der Waals surface area contributed by atoms with E-state index in [1.807, 2.05) is 5.38 Å². The third-order valence-corrected chi connectivity index (χ3v) is 5.95. The molecule has 2 aromatic rings. The van der Waals surface area contributed by atoms with Gasteiger partial charge in [-0.15, -0.1) is 11.3 Å². The van der Waals surface area contributed by atoms with Crippen LogP contribution in [-0.4, -0.2) is 17.4 Å². The Labute approximate surface area is 153 Å². The molecule has 0 fully saturated rings. The number of benzene rings is 1. The van der Waals surface area contributed by atoms with Gasteiger partial charge in [-0.25, -0.2) is 4.98 Å². The molecule has 130 valence electrons. The van der Waals surface area contributed by atoms with Crippen LogP contribution in [0.2, 0.25) is 0 Å². The molecule has 0 aliphatic heterocycles. The van der Waals surface area contributed by atoms with E-state index in [1.165, 1.54) is 23.1 Å². The van der Waals surface area contributed by atoms with Gasteiger partial charge in [0.05, 0.1) is 12.1 Å². The number of rotatable bonds is 9. The molecular weight excluding hydrogens is 336 g/mol.